The van der Waals surface area contributed by atoms with Gasteiger partial charge in [-0.1, -0.05) is 24.3 Å². The lowest BCUT2D eigenvalue weighted by Gasteiger charge is -2.21. The summed E-state index contributed by atoms with van der Waals surface area (Å²) < 4.78 is 41.1. The molecule has 0 saturated heterocycles. The molecule has 1 aromatic carbocycles. The maximum atomic E-state index is 13.0. The highest BCUT2D eigenvalue weighted by Crippen LogP contribution is 2.58. The van der Waals surface area contributed by atoms with E-state index in [1.54, 1.807) is 12.1 Å². The fourth-order valence-electron chi connectivity index (χ4n) is 2.15. The van der Waals surface area contributed by atoms with Crippen LogP contribution in [-0.2, 0) is 12.0 Å². The average molecular weight is 383 g/mol. The minimum Gasteiger partial charge on any atom is -0.241 e. The first-order valence-corrected chi connectivity index (χ1v) is 7.31. The van der Waals surface area contributed by atoms with Crippen LogP contribution in [0.5, 0.6) is 0 Å². The Hall–Kier alpha value is -0.300. The van der Waals surface area contributed by atoms with E-state index in [4.69, 9.17) is 0 Å². The summed E-state index contributed by atoms with van der Waals surface area (Å²) in [6.45, 7) is 4.92. The number of hydrogen-bond acceptors (Lipinski definition) is 1. The highest BCUT2D eigenvalue weighted by atomic mass is 127. The van der Waals surface area contributed by atoms with E-state index in [9.17, 15) is 13.2 Å². The lowest BCUT2D eigenvalue weighted by atomic mass is 9.94. The van der Waals surface area contributed by atoms with Crippen molar-refractivity contribution in [1.29, 1.82) is 0 Å². The van der Waals surface area contributed by atoms with Crippen molar-refractivity contribution in [3.05, 3.63) is 35.4 Å². The van der Waals surface area contributed by atoms with E-state index in [-0.39, 0.29) is 12.8 Å². The lowest BCUT2D eigenvalue weighted by molar-refractivity contribution is -0.160. The minimum absolute atomic E-state index is 0.222. The van der Waals surface area contributed by atoms with Gasteiger partial charge in [-0.3, -0.25) is 0 Å². The highest BCUT2D eigenvalue weighted by Gasteiger charge is 2.64. The molecule has 0 amide bonds. The van der Waals surface area contributed by atoms with Crippen molar-refractivity contribution in [3.63, 3.8) is 0 Å². The summed E-state index contributed by atoms with van der Waals surface area (Å²) in [6.07, 6.45) is -3.68. The van der Waals surface area contributed by atoms with E-state index < -0.39 is 11.6 Å². The van der Waals surface area contributed by atoms with Crippen LogP contribution >= 0.6 is 22.9 Å². The van der Waals surface area contributed by atoms with Crippen LogP contribution in [0.25, 0.3) is 0 Å². The van der Waals surface area contributed by atoms with Crippen molar-refractivity contribution in [3.8, 4) is 0 Å². The van der Waals surface area contributed by atoms with E-state index in [1.807, 2.05) is 12.1 Å². The molecule has 0 spiro atoms. The number of rotatable bonds is 4. The Morgan fingerprint density at radius 1 is 1.21 bits per heavy atom. The van der Waals surface area contributed by atoms with Gasteiger partial charge in [-0.05, 0) is 37.8 Å². The third-order valence-electron chi connectivity index (χ3n) is 3.69. The summed E-state index contributed by atoms with van der Waals surface area (Å²) in [4.78, 5) is 0. The maximum Gasteiger partial charge on any atom is 0.398 e. The maximum absolute atomic E-state index is 13.0. The van der Waals surface area contributed by atoms with Crippen LogP contribution in [0.3, 0.4) is 0 Å². The Morgan fingerprint density at radius 3 is 2.11 bits per heavy atom. The molecule has 0 aromatic heterocycles. The van der Waals surface area contributed by atoms with Crippen molar-refractivity contribution in [1.82, 2.24) is 3.11 Å². The van der Waals surface area contributed by atoms with Gasteiger partial charge in [0.1, 0.15) is 0 Å². The van der Waals surface area contributed by atoms with E-state index in [0.717, 1.165) is 12.1 Å². The van der Waals surface area contributed by atoms with Crippen molar-refractivity contribution in [2.24, 2.45) is 0 Å². The molecule has 5 heteroatoms. The molecular weight excluding hydrogens is 366 g/mol. The highest BCUT2D eigenvalue weighted by molar-refractivity contribution is 14.1. The second-order valence-corrected chi connectivity index (χ2v) is 6.67. The van der Waals surface area contributed by atoms with Crippen molar-refractivity contribution >= 4 is 22.9 Å². The Balaban J connectivity index is 2.12. The second-order valence-electron chi connectivity index (χ2n) is 5.43. The number of benzene rings is 1. The molecule has 0 unspecified atom stereocenters. The number of hydrogen-bond donors (Lipinski definition) is 0. The van der Waals surface area contributed by atoms with E-state index in [1.165, 1.54) is 0 Å². The first kappa shape index (κ1) is 15.1. The van der Waals surface area contributed by atoms with E-state index >= 15 is 0 Å². The molecule has 1 saturated carbocycles. The van der Waals surface area contributed by atoms with Crippen molar-refractivity contribution in [2.45, 2.75) is 50.9 Å². The summed E-state index contributed by atoms with van der Waals surface area (Å²) in [7, 11) is 0. The van der Waals surface area contributed by atoms with Crippen LogP contribution in [0.15, 0.2) is 24.3 Å². The van der Waals surface area contributed by atoms with Gasteiger partial charge in [0.2, 0.25) is 0 Å². The molecule has 19 heavy (non-hydrogen) atoms. The average Bonchev–Trinajstić information content (AvgIpc) is 3.10. The monoisotopic (exact) mass is 383 g/mol. The van der Waals surface area contributed by atoms with Gasteiger partial charge < -0.3 is 0 Å². The Bertz CT molecular complexity index is 435. The zero-order chi connectivity index (χ0) is 14.3. The SMILES string of the molecule is CC(C)N(I)Cc1ccc(C2(C(F)(F)F)CC2)cc1. The first-order valence-electron chi connectivity index (χ1n) is 6.35. The van der Waals surface area contributed by atoms with Crippen LogP contribution in [0.4, 0.5) is 13.2 Å². The van der Waals surface area contributed by atoms with Gasteiger partial charge >= 0.3 is 6.18 Å². The lowest BCUT2D eigenvalue weighted by Crippen LogP contribution is -2.28. The topological polar surface area (TPSA) is 3.24 Å². The molecular formula is C14H17F3IN. The zero-order valence-electron chi connectivity index (χ0n) is 11.0. The molecule has 0 bridgehead atoms. The second kappa shape index (κ2) is 5.24. The molecule has 0 heterocycles. The van der Waals surface area contributed by atoms with Crippen molar-refractivity contribution < 1.29 is 13.2 Å². The number of nitrogens with zero attached hydrogens (tertiary/aromatic N) is 1. The smallest absolute Gasteiger partial charge is 0.241 e. The molecule has 1 aliphatic rings. The molecule has 2 rings (SSSR count). The minimum atomic E-state index is -4.12. The number of halogens is 4. The molecule has 0 N–H and O–H groups in total. The van der Waals surface area contributed by atoms with Gasteiger partial charge in [0.15, 0.2) is 0 Å². The van der Waals surface area contributed by atoms with E-state index in [0.29, 0.717) is 11.6 Å². The predicted octanol–water partition coefficient (Wildman–Crippen LogP) is 4.84. The Kier molecular flexibility index (Phi) is 4.16. The van der Waals surface area contributed by atoms with E-state index in [2.05, 4.69) is 39.8 Å². The fourth-order valence-corrected chi connectivity index (χ4v) is 2.54. The molecule has 1 fully saturated rings. The van der Waals surface area contributed by atoms with Crippen LogP contribution in [0.1, 0.15) is 37.8 Å². The summed E-state index contributed by atoms with van der Waals surface area (Å²) in [6, 6.07) is 7.32. The normalized spacial score (nSPS) is 18.1. The van der Waals surface area contributed by atoms with Crippen LogP contribution in [0, 0.1) is 0 Å². The van der Waals surface area contributed by atoms with Gasteiger partial charge in [0.05, 0.1) is 5.41 Å². The third kappa shape index (κ3) is 3.07. The van der Waals surface area contributed by atoms with Crippen LogP contribution in [-0.4, -0.2) is 15.3 Å². The standard InChI is InChI=1S/C14H17F3IN/c1-10(2)19(18)9-11-3-5-12(6-4-11)13(7-8-13)14(15,16)17/h3-6,10H,7-9H2,1-2H3. The predicted molar refractivity (Wildman–Crippen MR) is 78.1 cm³/mol. The Morgan fingerprint density at radius 2 is 1.74 bits per heavy atom. The molecule has 0 radical (unpaired) electrons. The molecule has 0 atom stereocenters. The largest absolute Gasteiger partial charge is 0.398 e. The molecule has 106 valence electrons. The third-order valence-corrected chi connectivity index (χ3v) is 5.15. The summed E-state index contributed by atoms with van der Waals surface area (Å²) in [5, 5.41) is 0. The first-order chi connectivity index (χ1) is 8.76. The molecule has 1 aromatic rings. The van der Waals surface area contributed by atoms with Gasteiger partial charge in [0.25, 0.3) is 0 Å². The molecule has 0 aliphatic heterocycles. The van der Waals surface area contributed by atoms with Gasteiger partial charge in [-0.15, -0.1) is 0 Å². The Labute approximate surface area is 125 Å². The summed E-state index contributed by atoms with van der Waals surface area (Å²) in [5.74, 6) is 0. The molecule has 1 nitrogen and oxygen atoms in total. The number of alkyl halides is 3. The van der Waals surface area contributed by atoms with Gasteiger partial charge in [-0.25, -0.2) is 3.11 Å². The fraction of sp³-hybridized carbons (Fsp3) is 0.571. The van der Waals surface area contributed by atoms with Crippen molar-refractivity contribution in [2.75, 3.05) is 0 Å². The van der Waals surface area contributed by atoms with Gasteiger partial charge in [-0.2, -0.15) is 13.2 Å². The van der Waals surface area contributed by atoms with Crippen LogP contribution < -0.4 is 0 Å². The zero-order valence-corrected chi connectivity index (χ0v) is 13.1. The van der Waals surface area contributed by atoms with Gasteiger partial charge in [0, 0.05) is 35.5 Å². The molecule has 1 aliphatic carbocycles. The quantitative estimate of drug-likeness (QED) is 0.531. The summed E-state index contributed by atoms with van der Waals surface area (Å²) in [5.41, 5.74) is -0.105. The van der Waals surface area contributed by atoms with Crippen LogP contribution in [0.2, 0.25) is 0 Å². The summed E-state index contributed by atoms with van der Waals surface area (Å²) >= 11 is 2.24.